The molecule has 0 radical (unpaired) electrons. The minimum Gasteiger partial charge on any atom is -0.493 e. The number of anilines is 1. The minimum atomic E-state index is -4.14. The summed E-state index contributed by atoms with van der Waals surface area (Å²) in [6.45, 7) is 2.80. The maximum Gasteiger partial charge on any atom is 0.266 e. The Balaban J connectivity index is 1.56. The van der Waals surface area contributed by atoms with E-state index in [0.29, 0.717) is 30.3 Å². The van der Waals surface area contributed by atoms with Crippen molar-refractivity contribution in [3.8, 4) is 5.75 Å². The van der Waals surface area contributed by atoms with Crippen molar-refractivity contribution in [1.29, 1.82) is 0 Å². The third kappa shape index (κ3) is 9.78. The number of rotatable bonds is 15. The maximum atomic E-state index is 13.0. The fraction of sp³-hybridized carbons (Fsp3) is 0.533. The van der Waals surface area contributed by atoms with E-state index in [-0.39, 0.29) is 17.0 Å². The van der Waals surface area contributed by atoms with Crippen LogP contribution in [0.15, 0.2) is 53.4 Å². The Morgan fingerprint density at radius 2 is 1.61 bits per heavy atom. The van der Waals surface area contributed by atoms with Crippen LogP contribution in [0.25, 0.3) is 0 Å². The number of hydrogen-bond acceptors (Lipinski definition) is 5. The summed E-state index contributed by atoms with van der Waals surface area (Å²) in [6, 6.07) is 13.0. The fourth-order valence-electron chi connectivity index (χ4n) is 4.79. The monoisotopic (exact) mass is 542 g/mol. The minimum absolute atomic E-state index is 0.113. The zero-order valence-electron chi connectivity index (χ0n) is 22.5. The highest BCUT2D eigenvalue weighted by Gasteiger charge is 2.22. The molecule has 0 heterocycles. The molecule has 0 unspecified atom stereocenters. The van der Waals surface area contributed by atoms with Gasteiger partial charge in [-0.15, -0.1) is 0 Å². The topological polar surface area (TPSA) is 102 Å². The molecule has 2 amide bonds. The molecule has 208 valence electrons. The molecule has 38 heavy (non-hydrogen) atoms. The fourth-order valence-corrected chi connectivity index (χ4v) is 5.97. The number of para-hydroxylation sites is 1. The zero-order chi connectivity index (χ0) is 27.2. The summed E-state index contributed by atoms with van der Waals surface area (Å²) >= 11 is 0. The molecular weight excluding hydrogens is 500 g/mol. The van der Waals surface area contributed by atoms with Gasteiger partial charge in [-0.3, -0.25) is 9.59 Å². The number of benzene rings is 2. The first kappa shape index (κ1) is 29.7. The summed E-state index contributed by atoms with van der Waals surface area (Å²) in [5.74, 6) is 0.161. The lowest BCUT2D eigenvalue weighted by atomic mass is 9.90. The van der Waals surface area contributed by atoms with Crippen molar-refractivity contribution < 1.29 is 22.7 Å². The van der Waals surface area contributed by atoms with Crippen molar-refractivity contribution in [3.63, 3.8) is 0 Å². The number of carbonyl (C=O) groups excluding carboxylic acids is 2. The molecule has 1 saturated carbocycles. The van der Waals surface area contributed by atoms with Crippen molar-refractivity contribution in [2.75, 3.05) is 11.9 Å². The number of unbranched alkanes of at least 4 members (excludes halogenated alkanes) is 6. The van der Waals surface area contributed by atoms with E-state index in [1.165, 1.54) is 63.5 Å². The van der Waals surface area contributed by atoms with Crippen LogP contribution in [0.2, 0.25) is 0 Å². The number of nitrogens with one attached hydrogen (secondary N) is 2. The van der Waals surface area contributed by atoms with Crippen LogP contribution in [0.1, 0.15) is 101 Å². The van der Waals surface area contributed by atoms with Crippen molar-refractivity contribution in [2.24, 2.45) is 5.92 Å². The van der Waals surface area contributed by atoms with Gasteiger partial charge in [-0.1, -0.05) is 82.9 Å². The molecule has 2 aromatic carbocycles. The summed E-state index contributed by atoms with van der Waals surface area (Å²) in [5, 5.41) is 2.69. The summed E-state index contributed by atoms with van der Waals surface area (Å²) in [5.41, 5.74) is 0.476. The molecule has 0 aliphatic heterocycles. The van der Waals surface area contributed by atoms with Crippen molar-refractivity contribution in [3.05, 3.63) is 54.1 Å². The second-order valence-electron chi connectivity index (χ2n) is 10.2. The van der Waals surface area contributed by atoms with Gasteiger partial charge in [-0.25, -0.2) is 13.1 Å². The van der Waals surface area contributed by atoms with E-state index < -0.39 is 21.8 Å². The second kappa shape index (κ2) is 15.5. The number of hydrogen-bond donors (Lipinski definition) is 2. The summed E-state index contributed by atoms with van der Waals surface area (Å²) in [7, 11) is -4.14. The Bertz CT molecular complexity index is 1140. The predicted molar refractivity (Wildman–Crippen MR) is 151 cm³/mol. The Morgan fingerprint density at radius 1 is 0.895 bits per heavy atom. The highest BCUT2D eigenvalue weighted by atomic mass is 32.2. The molecular formula is C30H42N2O5S. The summed E-state index contributed by atoms with van der Waals surface area (Å²) in [6.07, 6.45) is 13.5. The lowest BCUT2D eigenvalue weighted by Crippen LogP contribution is -2.31. The number of ether oxygens (including phenoxy) is 1. The van der Waals surface area contributed by atoms with Gasteiger partial charge in [0, 0.05) is 12.0 Å². The SMILES string of the molecule is CCCCCCCCCC(=O)NS(=O)(=O)c1ccccc1NC(=O)c1cccc(OCC2CCCCC2)c1. The molecule has 0 atom stereocenters. The first-order valence-corrected chi connectivity index (χ1v) is 15.6. The summed E-state index contributed by atoms with van der Waals surface area (Å²) < 4.78 is 34.1. The average Bonchev–Trinajstić information content (AvgIpc) is 2.92. The smallest absolute Gasteiger partial charge is 0.266 e. The van der Waals surface area contributed by atoms with Gasteiger partial charge in [0.25, 0.3) is 15.9 Å². The van der Waals surface area contributed by atoms with E-state index in [2.05, 4.69) is 17.0 Å². The lowest BCUT2D eigenvalue weighted by molar-refractivity contribution is -0.119. The first-order valence-electron chi connectivity index (χ1n) is 14.1. The Labute approximate surface area is 227 Å². The molecule has 1 aliphatic carbocycles. The quantitative estimate of drug-likeness (QED) is 0.240. The van der Waals surface area contributed by atoms with Gasteiger partial charge in [0.1, 0.15) is 10.6 Å². The van der Waals surface area contributed by atoms with Crippen LogP contribution in [-0.4, -0.2) is 26.8 Å². The van der Waals surface area contributed by atoms with Crippen molar-refractivity contribution >= 4 is 27.5 Å². The Hall–Kier alpha value is -2.87. The van der Waals surface area contributed by atoms with Crippen LogP contribution in [0, 0.1) is 5.92 Å². The number of carbonyl (C=O) groups is 2. The highest BCUT2D eigenvalue weighted by Crippen LogP contribution is 2.26. The van der Waals surface area contributed by atoms with Crippen LogP contribution < -0.4 is 14.8 Å². The summed E-state index contributed by atoms with van der Waals surface area (Å²) in [4.78, 5) is 25.2. The molecule has 2 aromatic rings. The number of amides is 2. The zero-order valence-corrected chi connectivity index (χ0v) is 23.4. The van der Waals surface area contributed by atoms with Crippen LogP contribution in [-0.2, 0) is 14.8 Å². The van der Waals surface area contributed by atoms with Gasteiger partial charge in [0.2, 0.25) is 5.91 Å². The average molecular weight is 543 g/mol. The lowest BCUT2D eigenvalue weighted by Gasteiger charge is -2.21. The molecule has 0 saturated heterocycles. The van der Waals surface area contributed by atoms with Gasteiger partial charge in [-0.2, -0.15) is 0 Å². The van der Waals surface area contributed by atoms with Crippen LogP contribution in [0.4, 0.5) is 5.69 Å². The third-order valence-electron chi connectivity index (χ3n) is 6.99. The normalized spacial score (nSPS) is 14.1. The molecule has 2 N–H and O–H groups in total. The van der Waals surface area contributed by atoms with E-state index in [1.807, 2.05) is 6.07 Å². The number of sulfonamides is 1. The largest absolute Gasteiger partial charge is 0.493 e. The van der Waals surface area contributed by atoms with Gasteiger partial charge in [-0.05, 0) is 55.5 Å². The molecule has 8 heteroatoms. The van der Waals surface area contributed by atoms with Crippen molar-refractivity contribution in [2.45, 2.75) is 95.3 Å². The van der Waals surface area contributed by atoms with Crippen molar-refractivity contribution in [1.82, 2.24) is 4.72 Å². The standard InChI is InChI=1S/C30H42N2O5S/c1-2-3-4-5-6-7-11-21-29(33)32-38(35,36)28-20-13-12-19-27(28)31-30(34)25-17-14-18-26(22-25)37-23-24-15-9-8-10-16-24/h12-14,17-20,22,24H,2-11,15-16,21,23H2,1H3,(H,31,34)(H,32,33). The van der Waals surface area contributed by atoms with Crippen LogP contribution >= 0.6 is 0 Å². The molecule has 1 aliphatic rings. The van der Waals surface area contributed by atoms with Crippen LogP contribution in [0.3, 0.4) is 0 Å². The van der Waals surface area contributed by atoms with E-state index in [0.717, 1.165) is 19.3 Å². The highest BCUT2D eigenvalue weighted by molar-refractivity contribution is 7.90. The van der Waals surface area contributed by atoms with Gasteiger partial charge < -0.3 is 10.1 Å². The van der Waals surface area contributed by atoms with Gasteiger partial charge in [0.15, 0.2) is 0 Å². The van der Waals surface area contributed by atoms with E-state index in [9.17, 15) is 18.0 Å². The molecule has 1 fully saturated rings. The van der Waals surface area contributed by atoms with E-state index in [1.54, 1.807) is 30.3 Å². The Kier molecular flexibility index (Phi) is 12.1. The van der Waals surface area contributed by atoms with E-state index >= 15 is 0 Å². The van der Waals surface area contributed by atoms with E-state index in [4.69, 9.17) is 4.74 Å². The predicted octanol–water partition coefficient (Wildman–Crippen LogP) is 6.84. The third-order valence-corrected chi connectivity index (χ3v) is 8.42. The molecule has 0 spiro atoms. The second-order valence-corrected chi connectivity index (χ2v) is 11.8. The molecule has 7 nitrogen and oxygen atoms in total. The maximum absolute atomic E-state index is 13.0. The van der Waals surface area contributed by atoms with Gasteiger partial charge in [0.05, 0.1) is 12.3 Å². The van der Waals surface area contributed by atoms with Crippen LogP contribution in [0.5, 0.6) is 5.75 Å². The molecule has 0 bridgehead atoms. The first-order chi connectivity index (χ1) is 18.4. The molecule has 0 aromatic heterocycles. The molecule has 3 rings (SSSR count). The van der Waals surface area contributed by atoms with Gasteiger partial charge >= 0.3 is 0 Å². The Morgan fingerprint density at radius 3 is 2.37 bits per heavy atom.